The molecule has 0 aromatic carbocycles. The fourth-order valence-corrected chi connectivity index (χ4v) is 7.44. The summed E-state index contributed by atoms with van der Waals surface area (Å²) in [6, 6.07) is 0. The molecule has 336 valence electrons. The van der Waals surface area contributed by atoms with E-state index in [0.29, 0.717) is 19.3 Å². The van der Waals surface area contributed by atoms with E-state index >= 15 is 0 Å². The normalized spacial score (nSPS) is 12.0. The summed E-state index contributed by atoms with van der Waals surface area (Å²) in [6.07, 6.45) is 50.4. The highest BCUT2D eigenvalue weighted by Gasteiger charge is 2.19. The molecule has 0 unspecified atom stereocenters. The molecule has 0 aliphatic heterocycles. The van der Waals surface area contributed by atoms with Crippen LogP contribution in [0.5, 0.6) is 0 Å². The van der Waals surface area contributed by atoms with E-state index in [4.69, 9.17) is 14.2 Å². The van der Waals surface area contributed by atoms with Gasteiger partial charge >= 0.3 is 17.9 Å². The van der Waals surface area contributed by atoms with E-state index in [1.54, 1.807) is 0 Å². The summed E-state index contributed by atoms with van der Waals surface area (Å²) >= 11 is 0. The molecule has 57 heavy (non-hydrogen) atoms. The number of allylic oxidation sites excluding steroid dienone is 2. The van der Waals surface area contributed by atoms with Gasteiger partial charge in [0, 0.05) is 19.3 Å². The first-order valence-corrected chi connectivity index (χ1v) is 25.2. The van der Waals surface area contributed by atoms with Crippen LogP contribution in [0.2, 0.25) is 0 Å². The Bertz CT molecular complexity index is 885. The lowest BCUT2D eigenvalue weighted by molar-refractivity contribution is -0.167. The summed E-state index contributed by atoms with van der Waals surface area (Å²) in [5, 5.41) is 0. The topological polar surface area (TPSA) is 78.9 Å². The van der Waals surface area contributed by atoms with Crippen molar-refractivity contribution in [3.63, 3.8) is 0 Å². The van der Waals surface area contributed by atoms with E-state index in [9.17, 15) is 14.4 Å². The lowest BCUT2D eigenvalue weighted by Gasteiger charge is -2.18. The highest BCUT2D eigenvalue weighted by Crippen LogP contribution is 2.16. The highest BCUT2D eigenvalue weighted by molar-refractivity contribution is 5.71. The Morgan fingerprint density at radius 2 is 0.579 bits per heavy atom. The van der Waals surface area contributed by atoms with Crippen LogP contribution in [0.4, 0.5) is 0 Å². The molecule has 0 aliphatic rings. The number of ether oxygens (including phenoxy) is 3. The van der Waals surface area contributed by atoms with Crippen molar-refractivity contribution < 1.29 is 28.6 Å². The van der Waals surface area contributed by atoms with Crippen molar-refractivity contribution in [2.24, 2.45) is 0 Å². The maximum atomic E-state index is 12.7. The van der Waals surface area contributed by atoms with Crippen molar-refractivity contribution in [3.8, 4) is 0 Å². The van der Waals surface area contributed by atoms with Gasteiger partial charge in [0.2, 0.25) is 0 Å². The van der Waals surface area contributed by atoms with Crippen molar-refractivity contribution in [3.05, 3.63) is 12.2 Å². The number of hydrogen-bond donors (Lipinski definition) is 0. The molecular weight excluding hydrogens is 709 g/mol. The molecule has 0 aromatic rings. The number of hydrogen-bond acceptors (Lipinski definition) is 6. The van der Waals surface area contributed by atoms with Crippen molar-refractivity contribution in [2.75, 3.05) is 13.2 Å². The molecule has 0 radical (unpaired) electrons. The standard InChI is InChI=1S/C51H96O6/c1-4-7-10-13-16-19-22-25-26-27-30-32-35-38-41-44-50(53)56-47-48(57-51(54)45-42-39-36-33-29-24-21-18-15-12-9-6-3)46-55-49(52)43-40-37-34-31-28-23-20-17-14-11-8-5-2/h25-26,48H,4-24,27-47H2,1-3H3/b26-25-/t48-/m1/s1. The van der Waals surface area contributed by atoms with Gasteiger partial charge < -0.3 is 14.2 Å². The van der Waals surface area contributed by atoms with Crippen LogP contribution >= 0.6 is 0 Å². The molecule has 6 heteroatoms. The second-order valence-electron chi connectivity index (χ2n) is 17.1. The average Bonchev–Trinajstić information content (AvgIpc) is 3.21. The van der Waals surface area contributed by atoms with E-state index in [2.05, 4.69) is 32.9 Å². The summed E-state index contributed by atoms with van der Waals surface area (Å²) in [7, 11) is 0. The number of carbonyl (C=O) groups is 3. The maximum absolute atomic E-state index is 12.7. The summed E-state index contributed by atoms with van der Waals surface area (Å²) in [4.78, 5) is 37.9. The molecule has 0 saturated carbocycles. The van der Waals surface area contributed by atoms with Gasteiger partial charge in [-0.05, 0) is 44.9 Å². The van der Waals surface area contributed by atoms with Crippen LogP contribution in [0, 0.1) is 0 Å². The Morgan fingerprint density at radius 1 is 0.333 bits per heavy atom. The molecular formula is C51H96O6. The second kappa shape index (κ2) is 46.8. The third-order valence-corrected chi connectivity index (χ3v) is 11.3. The number of unbranched alkanes of at least 4 members (excludes halogenated alkanes) is 33. The first-order chi connectivity index (χ1) is 28.0. The lowest BCUT2D eigenvalue weighted by atomic mass is 10.0. The Hall–Kier alpha value is -1.85. The number of esters is 3. The van der Waals surface area contributed by atoms with E-state index < -0.39 is 6.10 Å². The molecule has 6 nitrogen and oxygen atoms in total. The Balaban J connectivity index is 4.33. The molecule has 0 aliphatic carbocycles. The SMILES string of the molecule is CCCCCCCC/C=C\CCCCCCCC(=O)OC[C@@H](COC(=O)CCCCCCCCCCCCCC)OC(=O)CCCCCCCCCCCCCC. The second-order valence-corrected chi connectivity index (χ2v) is 17.1. The Labute approximate surface area is 354 Å². The summed E-state index contributed by atoms with van der Waals surface area (Å²) in [6.45, 7) is 6.64. The minimum Gasteiger partial charge on any atom is -0.462 e. The molecule has 0 bridgehead atoms. The van der Waals surface area contributed by atoms with Crippen LogP contribution in [-0.2, 0) is 28.6 Å². The van der Waals surface area contributed by atoms with Gasteiger partial charge in [-0.2, -0.15) is 0 Å². The first kappa shape index (κ1) is 55.2. The van der Waals surface area contributed by atoms with Crippen LogP contribution in [-0.4, -0.2) is 37.2 Å². The minimum absolute atomic E-state index is 0.0675. The lowest BCUT2D eigenvalue weighted by Crippen LogP contribution is -2.30. The molecule has 0 saturated heterocycles. The molecule has 0 rings (SSSR count). The van der Waals surface area contributed by atoms with Crippen molar-refractivity contribution in [1.82, 2.24) is 0 Å². The van der Waals surface area contributed by atoms with Crippen LogP contribution in [0.15, 0.2) is 12.2 Å². The maximum Gasteiger partial charge on any atom is 0.306 e. The predicted molar refractivity (Wildman–Crippen MR) is 243 cm³/mol. The number of carbonyl (C=O) groups excluding carboxylic acids is 3. The van der Waals surface area contributed by atoms with Crippen molar-refractivity contribution in [2.45, 2.75) is 284 Å². The Kier molecular flexibility index (Phi) is 45.3. The zero-order chi connectivity index (χ0) is 41.5. The molecule has 0 fully saturated rings. The molecule has 0 spiro atoms. The summed E-state index contributed by atoms with van der Waals surface area (Å²) < 4.78 is 16.8. The molecule has 0 aromatic heterocycles. The number of rotatable bonds is 46. The Morgan fingerprint density at radius 3 is 0.877 bits per heavy atom. The zero-order valence-corrected chi connectivity index (χ0v) is 38.4. The van der Waals surface area contributed by atoms with Crippen molar-refractivity contribution in [1.29, 1.82) is 0 Å². The molecule has 0 amide bonds. The smallest absolute Gasteiger partial charge is 0.306 e. The van der Waals surface area contributed by atoms with Crippen LogP contribution in [0.25, 0.3) is 0 Å². The van der Waals surface area contributed by atoms with Crippen LogP contribution < -0.4 is 0 Å². The fraction of sp³-hybridized carbons (Fsp3) is 0.902. The van der Waals surface area contributed by atoms with E-state index in [0.717, 1.165) is 64.2 Å². The average molecular weight is 805 g/mol. The third kappa shape index (κ3) is 45.1. The van der Waals surface area contributed by atoms with Crippen molar-refractivity contribution >= 4 is 17.9 Å². The van der Waals surface area contributed by atoms with Gasteiger partial charge in [-0.25, -0.2) is 0 Å². The van der Waals surface area contributed by atoms with Gasteiger partial charge in [-0.15, -0.1) is 0 Å². The quantitative estimate of drug-likeness (QED) is 0.0264. The largest absolute Gasteiger partial charge is 0.462 e. The first-order valence-electron chi connectivity index (χ1n) is 25.2. The van der Waals surface area contributed by atoms with Gasteiger partial charge in [-0.3, -0.25) is 14.4 Å². The predicted octanol–water partition coefficient (Wildman–Crippen LogP) is 16.2. The van der Waals surface area contributed by atoms with E-state index in [-0.39, 0.29) is 31.1 Å². The minimum atomic E-state index is -0.765. The molecule has 0 heterocycles. The van der Waals surface area contributed by atoms with Gasteiger partial charge in [0.1, 0.15) is 13.2 Å². The van der Waals surface area contributed by atoms with Gasteiger partial charge in [0.05, 0.1) is 0 Å². The van der Waals surface area contributed by atoms with Crippen LogP contribution in [0.1, 0.15) is 278 Å². The molecule has 1 atom stereocenters. The van der Waals surface area contributed by atoms with Gasteiger partial charge in [0.15, 0.2) is 6.10 Å². The fourth-order valence-electron chi connectivity index (χ4n) is 7.44. The van der Waals surface area contributed by atoms with E-state index in [1.165, 1.54) is 173 Å². The third-order valence-electron chi connectivity index (χ3n) is 11.3. The zero-order valence-electron chi connectivity index (χ0n) is 38.4. The summed E-state index contributed by atoms with van der Waals surface area (Å²) in [5.74, 6) is -0.862. The monoisotopic (exact) mass is 805 g/mol. The van der Waals surface area contributed by atoms with E-state index in [1.807, 2.05) is 0 Å². The van der Waals surface area contributed by atoms with Gasteiger partial charge in [-0.1, -0.05) is 226 Å². The van der Waals surface area contributed by atoms with Gasteiger partial charge in [0.25, 0.3) is 0 Å². The summed E-state index contributed by atoms with van der Waals surface area (Å²) in [5.41, 5.74) is 0. The highest BCUT2D eigenvalue weighted by atomic mass is 16.6. The molecule has 0 N–H and O–H groups in total. The van der Waals surface area contributed by atoms with Crippen LogP contribution in [0.3, 0.4) is 0 Å².